The van der Waals surface area contributed by atoms with Crippen molar-refractivity contribution in [3.63, 3.8) is 0 Å². The molecule has 6 heteroatoms. The molecule has 0 saturated heterocycles. The summed E-state index contributed by atoms with van der Waals surface area (Å²) in [6, 6.07) is 19.8. The fourth-order valence-corrected chi connectivity index (χ4v) is 5.12. The Bertz CT molecular complexity index is 1040. The number of benzene rings is 2. The van der Waals surface area contributed by atoms with Crippen LogP contribution in [0.25, 0.3) is 11.3 Å². The Balaban J connectivity index is 1.78. The summed E-state index contributed by atoms with van der Waals surface area (Å²) in [6.45, 7) is 4.57. The zero-order valence-electron chi connectivity index (χ0n) is 16.2. The minimum atomic E-state index is -3.39. The first-order chi connectivity index (χ1) is 13.5. The van der Waals surface area contributed by atoms with Crippen molar-refractivity contribution in [3.05, 3.63) is 78.2 Å². The van der Waals surface area contributed by atoms with Crippen LogP contribution >= 0.6 is 0 Å². The molecule has 0 spiro atoms. The normalized spacial score (nSPS) is 17.6. The van der Waals surface area contributed by atoms with Crippen LogP contribution in [0.3, 0.4) is 0 Å². The zero-order chi connectivity index (χ0) is 19.7. The van der Waals surface area contributed by atoms with Gasteiger partial charge in [-0.15, -0.1) is 0 Å². The maximum Gasteiger partial charge on any atom is 0.217 e. The summed E-state index contributed by atoms with van der Waals surface area (Å²) in [7, 11) is -3.39. The lowest BCUT2D eigenvalue weighted by Crippen LogP contribution is -2.45. The molecule has 0 unspecified atom stereocenters. The van der Waals surface area contributed by atoms with Gasteiger partial charge in [0.15, 0.2) is 0 Å². The van der Waals surface area contributed by atoms with Crippen molar-refractivity contribution in [2.24, 2.45) is 0 Å². The first-order valence-corrected chi connectivity index (χ1v) is 11.1. The Kier molecular flexibility index (Phi) is 5.08. The van der Waals surface area contributed by atoms with Gasteiger partial charge < -0.3 is 4.57 Å². The number of fused-ring (bicyclic) bond motifs is 1. The Labute approximate surface area is 166 Å². The molecule has 3 aromatic rings. The quantitative estimate of drug-likeness (QED) is 0.659. The smallest absolute Gasteiger partial charge is 0.217 e. The van der Waals surface area contributed by atoms with Crippen LogP contribution in [0.15, 0.2) is 66.9 Å². The number of sulfonamides is 1. The number of hydrogen-bond acceptors (Lipinski definition) is 3. The number of aromatic nitrogens is 2. The third-order valence-corrected chi connectivity index (χ3v) is 7.56. The van der Waals surface area contributed by atoms with Crippen molar-refractivity contribution in [2.75, 3.05) is 6.54 Å². The highest BCUT2D eigenvalue weighted by atomic mass is 32.2. The molecule has 1 aromatic heterocycles. The van der Waals surface area contributed by atoms with Gasteiger partial charge in [0.25, 0.3) is 0 Å². The Morgan fingerprint density at radius 2 is 1.64 bits per heavy atom. The maximum absolute atomic E-state index is 13.1. The van der Waals surface area contributed by atoms with Gasteiger partial charge in [0.05, 0.1) is 17.0 Å². The minimum absolute atomic E-state index is 0.305. The van der Waals surface area contributed by atoms with Crippen molar-refractivity contribution < 1.29 is 8.42 Å². The van der Waals surface area contributed by atoms with Crippen LogP contribution < -0.4 is 0 Å². The molecule has 2 heterocycles. The standard InChI is InChI=1S/C22H25N3O2S/c1-17(2)28(26,27)25-14-13-24-16-20(19-11-7-4-8-12-19)23-22(24)21(25)15-18-9-5-3-6-10-18/h3-12,16-17,21H,13-15H2,1-2H3/t21-/m0/s1. The van der Waals surface area contributed by atoms with Gasteiger partial charge in [0, 0.05) is 24.8 Å². The van der Waals surface area contributed by atoms with Crippen LogP contribution in [0, 0.1) is 0 Å². The number of imidazole rings is 1. The molecule has 1 aliphatic heterocycles. The Morgan fingerprint density at radius 3 is 2.29 bits per heavy atom. The first-order valence-electron chi connectivity index (χ1n) is 9.64. The largest absolute Gasteiger partial charge is 0.332 e. The van der Waals surface area contributed by atoms with E-state index in [9.17, 15) is 8.42 Å². The predicted molar refractivity (Wildman–Crippen MR) is 111 cm³/mol. The van der Waals surface area contributed by atoms with Crippen molar-refractivity contribution in [1.29, 1.82) is 0 Å². The third kappa shape index (κ3) is 3.50. The second-order valence-corrected chi connectivity index (χ2v) is 9.90. The van der Waals surface area contributed by atoms with E-state index in [-0.39, 0.29) is 6.04 Å². The molecule has 0 radical (unpaired) electrons. The van der Waals surface area contributed by atoms with Gasteiger partial charge >= 0.3 is 0 Å². The fraction of sp³-hybridized carbons (Fsp3) is 0.318. The summed E-state index contributed by atoms with van der Waals surface area (Å²) in [6.07, 6.45) is 2.65. The van der Waals surface area contributed by atoms with E-state index < -0.39 is 15.3 Å². The number of rotatable bonds is 5. The van der Waals surface area contributed by atoms with Gasteiger partial charge in [0.2, 0.25) is 10.0 Å². The Hall–Kier alpha value is -2.44. The van der Waals surface area contributed by atoms with Crippen LogP contribution in [-0.2, 0) is 23.0 Å². The molecule has 0 N–H and O–H groups in total. The van der Waals surface area contributed by atoms with Gasteiger partial charge in [-0.3, -0.25) is 0 Å². The van der Waals surface area contributed by atoms with Crippen molar-refractivity contribution in [1.82, 2.24) is 13.9 Å². The molecule has 0 amide bonds. The Morgan fingerprint density at radius 1 is 1.00 bits per heavy atom. The van der Waals surface area contributed by atoms with Gasteiger partial charge in [-0.1, -0.05) is 60.7 Å². The highest BCUT2D eigenvalue weighted by Gasteiger charge is 2.38. The molecule has 0 aliphatic carbocycles. The molecule has 5 nitrogen and oxygen atoms in total. The summed E-state index contributed by atoms with van der Waals surface area (Å²) in [4.78, 5) is 4.88. The molecule has 0 saturated carbocycles. The molecule has 0 bridgehead atoms. The number of hydrogen-bond donors (Lipinski definition) is 0. The first kappa shape index (κ1) is 18.9. The third-order valence-electron chi connectivity index (χ3n) is 5.28. The SMILES string of the molecule is CC(C)S(=O)(=O)N1CCn2cc(-c3ccccc3)nc2[C@@H]1Cc1ccccc1. The predicted octanol–water partition coefficient (Wildman–Crippen LogP) is 3.89. The molecule has 4 rings (SSSR count). The summed E-state index contributed by atoms with van der Waals surface area (Å²) < 4.78 is 29.9. The van der Waals surface area contributed by atoms with Gasteiger partial charge in [-0.25, -0.2) is 13.4 Å². The van der Waals surface area contributed by atoms with Gasteiger partial charge in [0.1, 0.15) is 5.82 Å². The van der Waals surface area contributed by atoms with Crippen LogP contribution in [0.2, 0.25) is 0 Å². The average molecular weight is 396 g/mol. The molecule has 2 aromatic carbocycles. The van der Waals surface area contributed by atoms with E-state index in [2.05, 4.69) is 4.57 Å². The van der Waals surface area contributed by atoms with E-state index in [1.807, 2.05) is 66.9 Å². The maximum atomic E-state index is 13.1. The van der Waals surface area contributed by atoms with Crippen LogP contribution in [0.1, 0.15) is 31.3 Å². The summed E-state index contributed by atoms with van der Waals surface area (Å²) in [5.74, 6) is 0.818. The molecular weight excluding hydrogens is 370 g/mol. The molecule has 146 valence electrons. The van der Waals surface area contributed by atoms with Crippen LogP contribution in [0.5, 0.6) is 0 Å². The molecule has 28 heavy (non-hydrogen) atoms. The molecular formula is C22H25N3O2S. The lowest BCUT2D eigenvalue weighted by Gasteiger charge is -2.36. The second-order valence-electron chi connectivity index (χ2n) is 7.45. The van der Waals surface area contributed by atoms with Gasteiger partial charge in [-0.2, -0.15) is 4.31 Å². The lowest BCUT2D eigenvalue weighted by atomic mass is 10.0. The summed E-state index contributed by atoms with van der Waals surface area (Å²) in [5.41, 5.74) is 3.03. The molecule has 1 aliphatic rings. The second kappa shape index (κ2) is 7.53. The van der Waals surface area contributed by atoms with Crippen molar-refractivity contribution >= 4 is 10.0 Å². The molecule has 0 fully saturated rings. The minimum Gasteiger partial charge on any atom is -0.332 e. The molecule has 1 atom stereocenters. The lowest BCUT2D eigenvalue weighted by molar-refractivity contribution is 0.256. The zero-order valence-corrected chi connectivity index (χ0v) is 17.0. The fourth-order valence-electron chi connectivity index (χ4n) is 3.72. The van der Waals surface area contributed by atoms with E-state index in [0.717, 1.165) is 22.6 Å². The van der Waals surface area contributed by atoms with Gasteiger partial charge in [-0.05, 0) is 25.8 Å². The summed E-state index contributed by atoms with van der Waals surface area (Å²) in [5, 5.41) is -0.458. The van der Waals surface area contributed by atoms with E-state index in [1.54, 1.807) is 18.2 Å². The van der Waals surface area contributed by atoms with Crippen LogP contribution in [-0.4, -0.2) is 34.1 Å². The van der Waals surface area contributed by atoms with E-state index in [0.29, 0.717) is 19.5 Å². The van der Waals surface area contributed by atoms with Crippen molar-refractivity contribution in [2.45, 2.75) is 38.1 Å². The highest BCUT2D eigenvalue weighted by molar-refractivity contribution is 7.89. The average Bonchev–Trinajstić information content (AvgIpc) is 3.14. The van der Waals surface area contributed by atoms with Crippen LogP contribution in [0.4, 0.5) is 0 Å². The summed E-state index contributed by atoms with van der Waals surface area (Å²) >= 11 is 0. The number of nitrogens with zero attached hydrogens (tertiary/aromatic N) is 3. The topological polar surface area (TPSA) is 55.2 Å². The highest BCUT2D eigenvalue weighted by Crippen LogP contribution is 2.34. The monoisotopic (exact) mass is 395 g/mol. The van der Waals surface area contributed by atoms with E-state index >= 15 is 0 Å². The van der Waals surface area contributed by atoms with E-state index in [4.69, 9.17) is 4.98 Å². The van der Waals surface area contributed by atoms with E-state index in [1.165, 1.54) is 0 Å². The van der Waals surface area contributed by atoms with Crippen molar-refractivity contribution in [3.8, 4) is 11.3 Å².